The zero-order valence-corrected chi connectivity index (χ0v) is 17.7. The molecule has 0 spiro atoms. The van der Waals surface area contributed by atoms with Crippen molar-refractivity contribution < 1.29 is 28.9 Å². The van der Waals surface area contributed by atoms with Gasteiger partial charge in [-0.3, -0.25) is 14.5 Å². The molecular formula is C23H23NO6S. The normalized spacial score (nSPS) is 32.6. The van der Waals surface area contributed by atoms with Gasteiger partial charge in [-0.15, -0.1) is 11.8 Å². The highest BCUT2D eigenvalue weighted by atomic mass is 32.2. The molecule has 0 aromatic heterocycles. The Kier molecular flexibility index (Phi) is 5.58. The maximum absolute atomic E-state index is 13.1. The molecule has 3 heterocycles. The molecule has 0 bridgehead atoms. The molecular weight excluding hydrogens is 418 g/mol. The molecule has 8 heteroatoms. The van der Waals surface area contributed by atoms with Crippen LogP contribution in [0.5, 0.6) is 0 Å². The second kappa shape index (κ2) is 8.37. The van der Waals surface area contributed by atoms with E-state index in [0.29, 0.717) is 23.5 Å². The number of fused-ring (bicyclic) bond motifs is 2. The van der Waals surface area contributed by atoms with Crippen molar-refractivity contribution in [2.75, 3.05) is 12.4 Å². The lowest BCUT2D eigenvalue weighted by Gasteiger charge is -2.49. The van der Waals surface area contributed by atoms with E-state index in [9.17, 15) is 14.7 Å². The van der Waals surface area contributed by atoms with Gasteiger partial charge in [0.25, 0.3) is 11.8 Å². The molecule has 1 N–H and O–H groups in total. The van der Waals surface area contributed by atoms with Gasteiger partial charge in [0.1, 0.15) is 29.8 Å². The Morgan fingerprint density at radius 3 is 2.29 bits per heavy atom. The minimum atomic E-state index is -1.16. The van der Waals surface area contributed by atoms with E-state index in [0.717, 1.165) is 10.5 Å². The van der Waals surface area contributed by atoms with Crippen molar-refractivity contribution in [3.05, 3.63) is 71.3 Å². The van der Waals surface area contributed by atoms with E-state index in [1.54, 1.807) is 24.3 Å². The number of ether oxygens (including phenoxy) is 3. The molecule has 6 atom stereocenters. The van der Waals surface area contributed by atoms with Crippen molar-refractivity contribution in [3.63, 3.8) is 0 Å². The van der Waals surface area contributed by atoms with Crippen molar-refractivity contribution >= 4 is 23.6 Å². The molecule has 3 aliphatic rings. The lowest BCUT2D eigenvalue weighted by atomic mass is 9.98. The largest absolute Gasteiger partial charge is 0.388 e. The quantitative estimate of drug-likeness (QED) is 0.730. The third-order valence-corrected chi connectivity index (χ3v) is 6.91. The van der Waals surface area contributed by atoms with Crippen LogP contribution in [-0.2, 0) is 14.2 Å². The number of imide groups is 1. The van der Waals surface area contributed by atoms with Gasteiger partial charge >= 0.3 is 0 Å². The number of amides is 2. The fourth-order valence-electron chi connectivity index (χ4n) is 4.39. The third-order valence-electron chi connectivity index (χ3n) is 5.86. The van der Waals surface area contributed by atoms with E-state index in [1.165, 1.54) is 11.8 Å². The Balaban J connectivity index is 1.45. The molecule has 7 nitrogen and oxygen atoms in total. The summed E-state index contributed by atoms with van der Waals surface area (Å²) in [5.74, 6) is -0.170. The topological polar surface area (TPSA) is 85.3 Å². The number of benzene rings is 2. The average molecular weight is 442 g/mol. The molecule has 0 saturated carbocycles. The summed E-state index contributed by atoms with van der Waals surface area (Å²) in [5, 5.41) is 11.4. The van der Waals surface area contributed by atoms with Crippen LogP contribution in [0.3, 0.4) is 0 Å². The van der Waals surface area contributed by atoms with Crippen molar-refractivity contribution in [2.24, 2.45) is 0 Å². The van der Waals surface area contributed by atoms with E-state index in [2.05, 4.69) is 0 Å². The summed E-state index contributed by atoms with van der Waals surface area (Å²) in [4.78, 5) is 27.3. The van der Waals surface area contributed by atoms with Gasteiger partial charge in [0.2, 0.25) is 0 Å². The van der Waals surface area contributed by atoms with Crippen molar-refractivity contribution in [2.45, 2.75) is 43.0 Å². The van der Waals surface area contributed by atoms with Crippen LogP contribution in [-0.4, -0.2) is 64.2 Å². The zero-order chi connectivity index (χ0) is 21.5. The van der Waals surface area contributed by atoms with Crippen LogP contribution in [0.2, 0.25) is 0 Å². The van der Waals surface area contributed by atoms with Crippen LogP contribution in [0.4, 0.5) is 0 Å². The Bertz CT molecular complexity index is 950. The van der Waals surface area contributed by atoms with Gasteiger partial charge in [-0.2, -0.15) is 0 Å². The fourth-order valence-corrected chi connectivity index (χ4v) is 5.39. The number of aliphatic hydroxyl groups is 1. The molecule has 3 aliphatic heterocycles. The first kappa shape index (κ1) is 20.7. The molecule has 0 unspecified atom stereocenters. The van der Waals surface area contributed by atoms with Crippen LogP contribution in [0, 0.1) is 0 Å². The lowest BCUT2D eigenvalue weighted by molar-refractivity contribution is -0.325. The molecule has 0 radical (unpaired) electrons. The SMILES string of the molecule is CCS[C@@H]1O[C@@H]2OC[C@@H](c3ccccc3)O[C@H]2[C@H](O)[C@H]1N1C(=O)c2ccccc2C1=O. The first-order valence-electron chi connectivity index (χ1n) is 10.3. The van der Waals surface area contributed by atoms with Gasteiger partial charge in [-0.25, -0.2) is 0 Å². The molecule has 5 rings (SSSR count). The smallest absolute Gasteiger partial charge is 0.262 e. The third kappa shape index (κ3) is 3.48. The average Bonchev–Trinajstić information content (AvgIpc) is 3.05. The minimum Gasteiger partial charge on any atom is -0.388 e. The predicted octanol–water partition coefficient (Wildman–Crippen LogP) is 2.60. The Labute approximate surface area is 184 Å². The van der Waals surface area contributed by atoms with Crippen LogP contribution < -0.4 is 0 Å². The predicted molar refractivity (Wildman–Crippen MR) is 114 cm³/mol. The number of rotatable bonds is 4. The Morgan fingerprint density at radius 1 is 1.00 bits per heavy atom. The molecule has 2 saturated heterocycles. The van der Waals surface area contributed by atoms with Gasteiger partial charge in [0.15, 0.2) is 6.29 Å². The maximum atomic E-state index is 13.1. The summed E-state index contributed by atoms with van der Waals surface area (Å²) >= 11 is 1.42. The highest BCUT2D eigenvalue weighted by Gasteiger charge is 2.55. The number of carbonyl (C=O) groups is 2. The highest BCUT2D eigenvalue weighted by molar-refractivity contribution is 7.99. The van der Waals surface area contributed by atoms with Crippen molar-refractivity contribution in [1.29, 1.82) is 0 Å². The summed E-state index contributed by atoms with van der Waals surface area (Å²) in [6, 6.07) is 15.4. The number of thioether (sulfide) groups is 1. The van der Waals surface area contributed by atoms with Gasteiger partial charge < -0.3 is 19.3 Å². The summed E-state index contributed by atoms with van der Waals surface area (Å²) in [5.41, 5.74) is 0.978. The lowest BCUT2D eigenvalue weighted by Crippen LogP contribution is -2.66. The van der Waals surface area contributed by atoms with Crippen molar-refractivity contribution in [3.8, 4) is 0 Å². The molecule has 2 fully saturated rings. The molecule has 0 aliphatic carbocycles. The monoisotopic (exact) mass is 441 g/mol. The van der Waals surface area contributed by atoms with Crippen LogP contribution >= 0.6 is 11.8 Å². The Morgan fingerprint density at radius 2 is 1.65 bits per heavy atom. The highest BCUT2D eigenvalue weighted by Crippen LogP contribution is 2.40. The van der Waals surface area contributed by atoms with E-state index < -0.39 is 41.8 Å². The van der Waals surface area contributed by atoms with Crippen LogP contribution in [0.25, 0.3) is 0 Å². The summed E-state index contributed by atoms with van der Waals surface area (Å²) in [7, 11) is 0. The van der Waals surface area contributed by atoms with Gasteiger partial charge in [0, 0.05) is 0 Å². The number of carbonyl (C=O) groups excluding carboxylic acids is 2. The summed E-state index contributed by atoms with van der Waals surface area (Å²) in [6.45, 7) is 2.24. The minimum absolute atomic E-state index is 0.291. The maximum Gasteiger partial charge on any atom is 0.262 e. The van der Waals surface area contributed by atoms with E-state index in [4.69, 9.17) is 14.2 Å². The number of hydrogen-bond acceptors (Lipinski definition) is 7. The first-order valence-corrected chi connectivity index (χ1v) is 11.4. The fraction of sp³-hybridized carbons (Fsp3) is 0.391. The molecule has 2 amide bonds. The second-order valence-corrected chi connectivity index (χ2v) is 9.04. The first-order chi connectivity index (χ1) is 15.1. The van der Waals surface area contributed by atoms with Crippen LogP contribution in [0.1, 0.15) is 39.3 Å². The molecule has 162 valence electrons. The zero-order valence-electron chi connectivity index (χ0n) is 16.9. The van der Waals surface area contributed by atoms with E-state index in [-0.39, 0.29) is 6.10 Å². The van der Waals surface area contributed by atoms with E-state index in [1.807, 2.05) is 37.3 Å². The molecule has 31 heavy (non-hydrogen) atoms. The van der Waals surface area contributed by atoms with Crippen molar-refractivity contribution in [1.82, 2.24) is 4.90 Å². The number of nitrogens with zero attached hydrogens (tertiary/aromatic N) is 1. The number of aliphatic hydroxyl groups excluding tert-OH is 1. The summed E-state index contributed by atoms with van der Waals surface area (Å²) in [6.07, 6.45) is -3.14. The second-order valence-electron chi connectivity index (χ2n) is 7.67. The Hall–Kier alpha value is -2.23. The summed E-state index contributed by atoms with van der Waals surface area (Å²) < 4.78 is 18.2. The van der Waals surface area contributed by atoms with Gasteiger partial charge in [-0.05, 0) is 23.4 Å². The standard InChI is InChI=1S/C23H23NO6S/c1-2-31-23-17(24-20(26)14-10-6-7-11-15(14)21(24)27)18(25)19-22(30-23)28-12-16(29-19)13-8-4-3-5-9-13/h3-11,16-19,22-23,25H,2,12H2,1H3/t16-,17+,18+,19-,22-,23-/m0/s1. The molecule has 2 aromatic rings. The van der Waals surface area contributed by atoms with E-state index >= 15 is 0 Å². The number of hydrogen-bond donors (Lipinski definition) is 1. The molecule has 2 aromatic carbocycles. The van der Waals surface area contributed by atoms with Gasteiger partial charge in [-0.1, -0.05) is 49.4 Å². The van der Waals surface area contributed by atoms with Gasteiger partial charge in [0.05, 0.1) is 17.7 Å². The van der Waals surface area contributed by atoms with Crippen LogP contribution in [0.15, 0.2) is 54.6 Å².